The number of hydrogen-bond acceptors (Lipinski definition) is 1. The Morgan fingerprint density at radius 1 is 1.05 bits per heavy atom. The standard InChI is InChI=1S/C18H21BrFOSi/c1-18(2,3)13-6-7-16(17(10-13)21-22(4)5)12-8-14(19)11-15(20)9-12/h6-11H,1-5H3. The van der Waals surface area contributed by atoms with Crippen molar-refractivity contribution in [2.75, 3.05) is 0 Å². The predicted molar refractivity (Wildman–Crippen MR) is 96.3 cm³/mol. The van der Waals surface area contributed by atoms with Crippen LogP contribution in [-0.2, 0) is 5.41 Å². The number of rotatable bonds is 3. The van der Waals surface area contributed by atoms with Crippen molar-refractivity contribution in [1.82, 2.24) is 0 Å². The van der Waals surface area contributed by atoms with E-state index in [1.807, 2.05) is 12.1 Å². The molecule has 2 aromatic rings. The summed E-state index contributed by atoms with van der Waals surface area (Å²) in [4.78, 5) is 0. The molecule has 0 unspecified atom stereocenters. The van der Waals surface area contributed by atoms with Gasteiger partial charge in [-0.25, -0.2) is 4.39 Å². The summed E-state index contributed by atoms with van der Waals surface area (Å²) in [7, 11) is -0.903. The lowest BCUT2D eigenvalue weighted by Gasteiger charge is -2.22. The first-order chi connectivity index (χ1) is 10.2. The Kier molecular flexibility index (Phi) is 5.13. The monoisotopic (exact) mass is 379 g/mol. The molecular weight excluding hydrogens is 359 g/mol. The molecule has 1 nitrogen and oxygen atoms in total. The Morgan fingerprint density at radius 2 is 1.73 bits per heavy atom. The van der Waals surface area contributed by atoms with Crippen LogP contribution >= 0.6 is 15.9 Å². The van der Waals surface area contributed by atoms with Gasteiger partial charge in [-0.05, 0) is 53.9 Å². The van der Waals surface area contributed by atoms with Crippen LogP contribution in [0.15, 0.2) is 40.9 Å². The molecule has 0 N–H and O–H groups in total. The van der Waals surface area contributed by atoms with Crippen molar-refractivity contribution in [3.8, 4) is 16.9 Å². The van der Waals surface area contributed by atoms with Crippen LogP contribution in [0.25, 0.3) is 11.1 Å². The molecule has 0 fully saturated rings. The fourth-order valence-electron chi connectivity index (χ4n) is 2.24. The highest BCUT2D eigenvalue weighted by molar-refractivity contribution is 9.10. The van der Waals surface area contributed by atoms with E-state index in [1.54, 1.807) is 6.07 Å². The summed E-state index contributed by atoms with van der Waals surface area (Å²) in [5.41, 5.74) is 3.02. The molecule has 117 valence electrons. The summed E-state index contributed by atoms with van der Waals surface area (Å²) in [6.07, 6.45) is 0. The lowest BCUT2D eigenvalue weighted by Crippen LogP contribution is -2.15. The van der Waals surface area contributed by atoms with Crippen molar-refractivity contribution in [3.63, 3.8) is 0 Å². The predicted octanol–water partition coefficient (Wildman–Crippen LogP) is 6.18. The molecule has 0 aliphatic heterocycles. The van der Waals surface area contributed by atoms with Gasteiger partial charge in [-0.15, -0.1) is 0 Å². The lowest BCUT2D eigenvalue weighted by atomic mass is 9.86. The van der Waals surface area contributed by atoms with Gasteiger partial charge in [0.1, 0.15) is 11.6 Å². The van der Waals surface area contributed by atoms with Crippen molar-refractivity contribution in [3.05, 3.63) is 52.3 Å². The molecule has 0 heterocycles. The third-order valence-corrected chi connectivity index (χ3v) is 4.42. The molecule has 0 saturated heterocycles. The van der Waals surface area contributed by atoms with Crippen LogP contribution in [0.2, 0.25) is 13.1 Å². The highest BCUT2D eigenvalue weighted by Gasteiger charge is 2.18. The van der Waals surface area contributed by atoms with E-state index in [4.69, 9.17) is 4.43 Å². The molecule has 1 radical (unpaired) electrons. The summed E-state index contributed by atoms with van der Waals surface area (Å²) in [5, 5.41) is 0. The molecule has 22 heavy (non-hydrogen) atoms. The largest absolute Gasteiger partial charge is 0.542 e. The van der Waals surface area contributed by atoms with Gasteiger partial charge in [0, 0.05) is 10.0 Å². The van der Waals surface area contributed by atoms with E-state index in [9.17, 15) is 4.39 Å². The molecule has 0 spiro atoms. The molecule has 0 amide bonds. The molecule has 4 heteroatoms. The third kappa shape index (κ3) is 4.20. The molecule has 2 aromatic carbocycles. The molecule has 0 aliphatic rings. The van der Waals surface area contributed by atoms with Crippen LogP contribution in [0.1, 0.15) is 26.3 Å². The molecule has 0 saturated carbocycles. The lowest BCUT2D eigenvalue weighted by molar-refractivity contribution is 0.562. The van der Waals surface area contributed by atoms with Gasteiger partial charge in [0.2, 0.25) is 0 Å². The zero-order chi connectivity index (χ0) is 16.5. The second-order valence-corrected chi connectivity index (χ2v) is 9.57. The SMILES string of the molecule is C[Si](C)Oc1cc(C(C)(C)C)ccc1-c1cc(F)cc(Br)c1. The highest BCUT2D eigenvalue weighted by Crippen LogP contribution is 2.36. The van der Waals surface area contributed by atoms with Crippen molar-refractivity contribution in [1.29, 1.82) is 0 Å². The van der Waals surface area contributed by atoms with E-state index < -0.39 is 9.04 Å². The van der Waals surface area contributed by atoms with Crippen LogP contribution in [0, 0.1) is 5.82 Å². The van der Waals surface area contributed by atoms with Crippen LogP contribution in [-0.4, -0.2) is 9.04 Å². The first-order valence-corrected chi connectivity index (χ1v) is 10.5. The smallest absolute Gasteiger partial charge is 0.274 e. The molecule has 2 rings (SSSR count). The van der Waals surface area contributed by atoms with Crippen LogP contribution in [0.4, 0.5) is 4.39 Å². The topological polar surface area (TPSA) is 9.23 Å². The Balaban J connectivity index is 2.59. The van der Waals surface area contributed by atoms with Crippen molar-refractivity contribution in [2.24, 2.45) is 0 Å². The summed E-state index contributed by atoms with van der Waals surface area (Å²) < 4.78 is 20.5. The van der Waals surface area contributed by atoms with Crippen molar-refractivity contribution < 1.29 is 8.82 Å². The van der Waals surface area contributed by atoms with Crippen LogP contribution in [0.3, 0.4) is 0 Å². The maximum absolute atomic E-state index is 13.7. The van der Waals surface area contributed by atoms with E-state index in [-0.39, 0.29) is 11.2 Å². The average molecular weight is 380 g/mol. The number of benzene rings is 2. The summed E-state index contributed by atoms with van der Waals surface area (Å²) >= 11 is 3.36. The minimum atomic E-state index is -0.903. The molecule has 0 bridgehead atoms. The summed E-state index contributed by atoms with van der Waals surface area (Å²) in [6, 6.07) is 11.1. The fourth-order valence-corrected chi connectivity index (χ4v) is 3.32. The van der Waals surface area contributed by atoms with Gasteiger partial charge in [-0.2, -0.15) is 0 Å². The van der Waals surface area contributed by atoms with Gasteiger partial charge < -0.3 is 4.43 Å². The minimum absolute atomic E-state index is 0.0492. The maximum Gasteiger partial charge on any atom is 0.274 e. The van der Waals surface area contributed by atoms with Crippen LogP contribution < -0.4 is 4.43 Å². The molecular formula is C18H21BrFOSi. The van der Waals surface area contributed by atoms with Gasteiger partial charge >= 0.3 is 0 Å². The zero-order valence-corrected chi connectivity index (χ0v) is 16.2. The highest BCUT2D eigenvalue weighted by atomic mass is 79.9. The van der Waals surface area contributed by atoms with Gasteiger partial charge in [0.05, 0.1) is 0 Å². The van der Waals surface area contributed by atoms with Crippen molar-refractivity contribution >= 4 is 25.0 Å². The van der Waals surface area contributed by atoms with E-state index in [0.29, 0.717) is 0 Å². The molecule has 0 aliphatic carbocycles. The Morgan fingerprint density at radius 3 is 2.27 bits per heavy atom. The maximum atomic E-state index is 13.7. The average Bonchev–Trinajstić information content (AvgIpc) is 2.35. The van der Waals surface area contributed by atoms with E-state index >= 15 is 0 Å². The Bertz CT molecular complexity index is 657. The summed E-state index contributed by atoms with van der Waals surface area (Å²) in [5.74, 6) is 0.581. The number of halogens is 2. The van der Waals surface area contributed by atoms with E-state index in [0.717, 1.165) is 21.3 Å². The summed E-state index contributed by atoms with van der Waals surface area (Å²) in [6.45, 7) is 10.7. The molecule has 0 aromatic heterocycles. The van der Waals surface area contributed by atoms with Gasteiger partial charge in [-0.3, -0.25) is 0 Å². The first kappa shape index (κ1) is 17.2. The number of hydrogen-bond donors (Lipinski definition) is 0. The van der Waals surface area contributed by atoms with Gasteiger partial charge in [0.25, 0.3) is 9.04 Å². The quantitative estimate of drug-likeness (QED) is 0.578. The van der Waals surface area contributed by atoms with Crippen molar-refractivity contribution in [2.45, 2.75) is 39.3 Å². The third-order valence-electron chi connectivity index (χ3n) is 3.34. The normalized spacial score (nSPS) is 11.8. The van der Waals surface area contributed by atoms with E-state index in [2.05, 4.69) is 61.9 Å². The Labute approximate surface area is 142 Å². The van der Waals surface area contributed by atoms with Gasteiger partial charge in [0.15, 0.2) is 0 Å². The zero-order valence-electron chi connectivity index (χ0n) is 13.6. The minimum Gasteiger partial charge on any atom is -0.542 e. The van der Waals surface area contributed by atoms with E-state index in [1.165, 1.54) is 11.6 Å². The van der Waals surface area contributed by atoms with Crippen LogP contribution in [0.5, 0.6) is 5.75 Å². The second-order valence-electron chi connectivity index (χ2n) is 6.63. The van der Waals surface area contributed by atoms with Gasteiger partial charge in [-0.1, -0.05) is 48.8 Å². The first-order valence-electron chi connectivity index (χ1n) is 7.26. The fraction of sp³-hybridized carbons (Fsp3) is 0.333. The molecule has 0 atom stereocenters. The second kappa shape index (κ2) is 6.55. The Hall–Kier alpha value is -1.13.